The Morgan fingerprint density at radius 1 is 1.62 bits per heavy atom. The van der Waals surface area contributed by atoms with Crippen LogP contribution in [0.5, 0.6) is 0 Å². The molecule has 2 N–H and O–H groups in total. The lowest BCUT2D eigenvalue weighted by molar-refractivity contribution is -0.124. The van der Waals surface area contributed by atoms with Crippen molar-refractivity contribution in [3.63, 3.8) is 0 Å². The highest BCUT2D eigenvalue weighted by Gasteiger charge is 2.24. The third kappa shape index (κ3) is 3.76. The van der Waals surface area contributed by atoms with Gasteiger partial charge in [0.1, 0.15) is 5.82 Å². The van der Waals surface area contributed by atoms with Crippen molar-refractivity contribution >= 4 is 29.5 Å². The van der Waals surface area contributed by atoms with Crippen LogP contribution in [-0.4, -0.2) is 33.8 Å². The summed E-state index contributed by atoms with van der Waals surface area (Å²) in [5.74, 6) is 0.869. The topological polar surface area (TPSA) is 71.9 Å². The van der Waals surface area contributed by atoms with Crippen LogP contribution in [0.25, 0.3) is 0 Å². The van der Waals surface area contributed by atoms with Gasteiger partial charge in [0, 0.05) is 30.3 Å². The fourth-order valence-corrected chi connectivity index (χ4v) is 4.27. The summed E-state index contributed by atoms with van der Waals surface area (Å²) < 4.78 is 8.36. The number of ether oxygens (including phenoxy) is 1. The maximum absolute atomic E-state index is 12.2. The van der Waals surface area contributed by atoms with Gasteiger partial charge >= 0.3 is 0 Å². The van der Waals surface area contributed by atoms with Crippen molar-refractivity contribution in [2.45, 2.75) is 45.3 Å². The molecule has 130 valence electrons. The Morgan fingerprint density at radius 3 is 3.25 bits per heavy atom. The van der Waals surface area contributed by atoms with Crippen LogP contribution >= 0.6 is 23.6 Å². The van der Waals surface area contributed by atoms with Crippen molar-refractivity contribution < 1.29 is 9.53 Å². The minimum Gasteiger partial charge on any atom is -0.373 e. The SMILES string of the molecule is CC(C)n1c(CCNC(=O)C[C@@H]2OCCc3sccc32)n[nH]c1=S. The Labute approximate surface area is 150 Å². The molecule has 0 aromatic carbocycles. The largest absolute Gasteiger partial charge is 0.373 e. The molecule has 3 rings (SSSR count). The average Bonchev–Trinajstić information content (AvgIpc) is 3.14. The Kier molecular flexibility index (Phi) is 5.47. The standard InChI is InChI=1S/C16H22N4O2S2/c1-10(2)20-14(18-19-16(20)23)3-6-17-15(21)9-12-11-5-8-24-13(11)4-7-22-12/h5,8,10,12H,3-4,6-7,9H2,1-2H3,(H,17,21)(H,19,23)/t12-/m0/s1. The molecule has 1 atom stereocenters. The van der Waals surface area contributed by atoms with Gasteiger partial charge in [0.2, 0.25) is 5.91 Å². The third-order valence-electron chi connectivity index (χ3n) is 4.11. The van der Waals surface area contributed by atoms with Gasteiger partial charge in [-0.25, -0.2) is 0 Å². The maximum Gasteiger partial charge on any atom is 0.222 e. The third-order valence-corrected chi connectivity index (χ3v) is 5.39. The molecule has 0 bridgehead atoms. The summed E-state index contributed by atoms with van der Waals surface area (Å²) in [6, 6.07) is 2.31. The second-order valence-corrected chi connectivity index (χ2v) is 7.51. The molecule has 0 aliphatic carbocycles. The highest BCUT2D eigenvalue weighted by atomic mass is 32.1. The van der Waals surface area contributed by atoms with Crippen LogP contribution in [0, 0.1) is 4.77 Å². The normalized spacial score (nSPS) is 17.0. The molecule has 3 heterocycles. The van der Waals surface area contributed by atoms with E-state index in [0.29, 0.717) is 30.8 Å². The summed E-state index contributed by atoms with van der Waals surface area (Å²) in [6.45, 7) is 5.35. The molecule has 0 saturated heterocycles. The highest BCUT2D eigenvalue weighted by molar-refractivity contribution is 7.71. The van der Waals surface area contributed by atoms with Gasteiger partial charge in [-0.05, 0) is 43.1 Å². The quantitative estimate of drug-likeness (QED) is 0.771. The number of rotatable bonds is 6. The van der Waals surface area contributed by atoms with Gasteiger partial charge < -0.3 is 14.6 Å². The number of aromatic amines is 1. The first kappa shape index (κ1) is 17.3. The molecule has 0 saturated carbocycles. The van der Waals surface area contributed by atoms with Crippen molar-refractivity contribution in [3.8, 4) is 0 Å². The Balaban J connectivity index is 1.52. The van der Waals surface area contributed by atoms with Gasteiger partial charge in [0.05, 0.1) is 19.1 Å². The number of hydrogen-bond acceptors (Lipinski definition) is 5. The molecule has 0 unspecified atom stereocenters. The first-order valence-electron chi connectivity index (χ1n) is 8.16. The van der Waals surface area contributed by atoms with Gasteiger partial charge in [-0.1, -0.05) is 0 Å². The molecule has 0 spiro atoms. The molecule has 1 amide bonds. The predicted molar refractivity (Wildman–Crippen MR) is 95.8 cm³/mol. The van der Waals surface area contributed by atoms with Gasteiger partial charge in [-0.15, -0.1) is 11.3 Å². The zero-order valence-electron chi connectivity index (χ0n) is 13.9. The summed E-state index contributed by atoms with van der Waals surface area (Å²) >= 11 is 6.97. The molecule has 24 heavy (non-hydrogen) atoms. The number of nitrogens with zero attached hydrogens (tertiary/aromatic N) is 2. The highest BCUT2D eigenvalue weighted by Crippen LogP contribution is 2.32. The maximum atomic E-state index is 12.2. The van der Waals surface area contributed by atoms with Crippen molar-refractivity contribution in [2.24, 2.45) is 0 Å². The van der Waals surface area contributed by atoms with Crippen LogP contribution in [0.4, 0.5) is 0 Å². The smallest absolute Gasteiger partial charge is 0.222 e. The Hall–Kier alpha value is -1.51. The Morgan fingerprint density at radius 2 is 2.46 bits per heavy atom. The number of carbonyl (C=O) groups excluding carboxylic acids is 1. The molecular formula is C16H22N4O2S2. The molecule has 2 aromatic rings. The first-order valence-corrected chi connectivity index (χ1v) is 9.45. The van der Waals surface area contributed by atoms with E-state index in [0.717, 1.165) is 12.2 Å². The van der Waals surface area contributed by atoms with Crippen molar-refractivity contribution in [2.75, 3.05) is 13.2 Å². The molecule has 0 radical (unpaired) electrons. The lowest BCUT2D eigenvalue weighted by Crippen LogP contribution is -2.29. The zero-order chi connectivity index (χ0) is 17.1. The molecule has 2 aromatic heterocycles. The van der Waals surface area contributed by atoms with Crippen molar-refractivity contribution in [1.82, 2.24) is 20.1 Å². The zero-order valence-corrected chi connectivity index (χ0v) is 15.5. The van der Waals surface area contributed by atoms with Gasteiger partial charge in [0.15, 0.2) is 4.77 Å². The van der Waals surface area contributed by atoms with E-state index in [-0.39, 0.29) is 18.1 Å². The van der Waals surface area contributed by atoms with E-state index in [1.54, 1.807) is 11.3 Å². The van der Waals surface area contributed by atoms with E-state index in [1.165, 1.54) is 10.4 Å². The van der Waals surface area contributed by atoms with E-state index in [9.17, 15) is 4.79 Å². The monoisotopic (exact) mass is 366 g/mol. The summed E-state index contributed by atoms with van der Waals surface area (Å²) in [5.41, 5.74) is 1.17. The Bertz CT molecular complexity index is 762. The molecule has 1 aliphatic heterocycles. The minimum atomic E-state index is -0.120. The summed E-state index contributed by atoms with van der Waals surface area (Å²) in [4.78, 5) is 13.6. The molecule has 8 heteroatoms. The number of aromatic nitrogens is 3. The number of carbonyl (C=O) groups is 1. The van der Waals surface area contributed by atoms with E-state index < -0.39 is 0 Å². The molecule has 1 aliphatic rings. The first-order chi connectivity index (χ1) is 11.6. The summed E-state index contributed by atoms with van der Waals surface area (Å²) in [5, 5.41) is 12.1. The molecular weight excluding hydrogens is 344 g/mol. The summed E-state index contributed by atoms with van der Waals surface area (Å²) in [7, 11) is 0. The lowest BCUT2D eigenvalue weighted by atomic mass is 10.0. The predicted octanol–water partition coefficient (Wildman–Crippen LogP) is 2.95. The van der Waals surface area contributed by atoms with Crippen LogP contribution in [0.2, 0.25) is 0 Å². The second kappa shape index (κ2) is 7.58. The number of fused-ring (bicyclic) bond motifs is 1. The van der Waals surface area contributed by atoms with Crippen LogP contribution in [0.3, 0.4) is 0 Å². The fourth-order valence-electron chi connectivity index (χ4n) is 2.99. The number of nitrogens with one attached hydrogen (secondary N) is 2. The van der Waals surface area contributed by atoms with Crippen molar-refractivity contribution in [1.29, 1.82) is 0 Å². The van der Waals surface area contributed by atoms with Gasteiger partial charge in [-0.3, -0.25) is 9.89 Å². The van der Waals surface area contributed by atoms with E-state index >= 15 is 0 Å². The average molecular weight is 367 g/mol. The van der Waals surface area contributed by atoms with Crippen LogP contribution in [-0.2, 0) is 22.4 Å². The van der Waals surface area contributed by atoms with Gasteiger partial charge in [0.25, 0.3) is 0 Å². The summed E-state index contributed by atoms with van der Waals surface area (Å²) in [6.07, 6.45) is 1.83. The number of hydrogen-bond donors (Lipinski definition) is 2. The van der Waals surface area contributed by atoms with Crippen LogP contribution < -0.4 is 5.32 Å². The van der Waals surface area contributed by atoms with E-state index in [4.69, 9.17) is 17.0 Å². The van der Waals surface area contributed by atoms with Crippen molar-refractivity contribution in [3.05, 3.63) is 32.5 Å². The van der Waals surface area contributed by atoms with E-state index in [2.05, 4.69) is 40.8 Å². The molecule has 0 fully saturated rings. The van der Waals surface area contributed by atoms with Crippen LogP contribution in [0.15, 0.2) is 11.4 Å². The number of H-pyrrole nitrogens is 1. The fraction of sp³-hybridized carbons (Fsp3) is 0.562. The number of thiophene rings is 1. The van der Waals surface area contributed by atoms with Crippen LogP contribution in [0.1, 0.15) is 48.7 Å². The number of amides is 1. The lowest BCUT2D eigenvalue weighted by Gasteiger charge is -2.22. The second-order valence-electron chi connectivity index (χ2n) is 6.12. The minimum absolute atomic E-state index is 0.00396. The van der Waals surface area contributed by atoms with Gasteiger partial charge in [-0.2, -0.15) is 5.10 Å². The molecule has 6 nitrogen and oxygen atoms in total. The van der Waals surface area contributed by atoms with E-state index in [1.807, 2.05) is 4.57 Å².